The van der Waals surface area contributed by atoms with Crippen molar-refractivity contribution in [2.75, 3.05) is 31.2 Å². The zero-order valence-corrected chi connectivity index (χ0v) is 16.3. The quantitative estimate of drug-likeness (QED) is 0.516. The molecule has 0 N–H and O–H groups in total. The zero-order chi connectivity index (χ0) is 20.7. The maximum Gasteiger partial charge on any atom is 0.150 e. The highest BCUT2D eigenvalue weighted by Crippen LogP contribution is 2.32. The van der Waals surface area contributed by atoms with Crippen LogP contribution in [0.4, 0.5) is 14.6 Å². The lowest BCUT2D eigenvalue weighted by Crippen LogP contribution is -2.36. The van der Waals surface area contributed by atoms with Crippen LogP contribution in [0, 0.1) is 18.6 Å². The third-order valence-corrected chi connectivity index (χ3v) is 5.28. The molecule has 0 bridgehead atoms. The van der Waals surface area contributed by atoms with Crippen LogP contribution in [0.15, 0.2) is 48.9 Å². The second kappa shape index (κ2) is 7.46. The number of anilines is 1. The molecule has 1 aliphatic heterocycles. The monoisotopic (exact) mass is 407 g/mol. The number of rotatable bonds is 3. The van der Waals surface area contributed by atoms with E-state index in [2.05, 4.69) is 14.9 Å². The van der Waals surface area contributed by atoms with E-state index < -0.39 is 11.6 Å². The Labute approximate surface area is 171 Å². The molecule has 1 aliphatic rings. The molecule has 0 unspecified atom stereocenters. The second-order valence-electron chi connectivity index (χ2n) is 7.19. The number of nitrogens with zero attached hydrogens (tertiary/aromatic N) is 5. The molecule has 0 saturated carbocycles. The minimum Gasteiger partial charge on any atom is -0.378 e. The molecule has 0 aliphatic carbocycles. The van der Waals surface area contributed by atoms with Crippen molar-refractivity contribution in [3.63, 3.8) is 0 Å². The number of aromatic nitrogens is 4. The van der Waals surface area contributed by atoms with Gasteiger partial charge in [-0.15, -0.1) is 0 Å². The summed E-state index contributed by atoms with van der Waals surface area (Å²) in [6.07, 6.45) is 5.02. The van der Waals surface area contributed by atoms with Gasteiger partial charge in [-0.3, -0.25) is 9.55 Å². The highest BCUT2D eigenvalue weighted by Gasteiger charge is 2.20. The Kier molecular flexibility index (Phi) is 4.63. The summed E-state index contributed by atoms with van der Waals surface area (Å²) in [5.41, 5.74) is 3.24. The maximum atomic E-state index is 14.7. The van der Waals surface area contributed by atoms with Gasteiger partial charge in [0.15, 0.2) is 0 Å². The molecule has 8 heteroatoms. The van der Waals surface area contributed by atoms with Gasteiger partial charge >= 0.3 is 0 Å². The van der Waals surface area contributed by atoms with Gasteiger partial charge in [0, 0.05) is 37.1 Å². The highest BCUT2D eigenvalue weighted by molar-refractivity contribution is 5.83. The Balaban J connectivity index is 1.68. The van der Waals surface area contributed by atoms with E-state index in [-0.39, 0.29) is 5.69 Å². The van der Waals surface area contributed by atoms with E-state index in [0.717, 1.165) is 36.1 Å². The van der Waals surface area contributed by atoms with Gasteiger partial charge in [-0.1, -0.05) is 0 Å². The van der Waals surface area contributed by atoms with Crippen LogP contribution in [0.3, 0.4) is 0 Å². The molecule has 4 aromatic rings. The molecule has 30 heavy (non-hydrogen) atoms. The first-order chi connectivity index (χ1) is 14.6. The number of pyridine rings is 2. The SMILES string of the molecule is Cc1cc(N2CCOCC2)ncc1-c1nc2ccncc2n1-c1ccc(F)cc1F. The van der Waals surface area contributed by atoms with Crippen LogP contribution in [-0.4, -0.2) is 45.8 Å². The van der Waals surface area contributed by atoms with Crippen molar-refractivity contribution >= 4 is 16.9 Å². The van der Waals surface area contributed by atoms with Crippen molar-refractivity contribution in [3.05, 3.63) is 66.1 Å². The van der Waals surface area contributed by atoms with Gasteiger partial charge in [0.25, 0.3) is 0 Å². The van der Waals surface area contributed by atoms with Crippen LogP contribution < -0.4 is 4.90 Å². The number of benzene rings is 1. The van der Waals surface area contributed by atoms with Crippen molar-refractivity contribution in [2.24, 2.45) is 0 Å². The molecule has 0 atom stereocenters. The molecule has 1 saturated heterocycles. The van der Waals surface area contributed by atoms with E-state index in [4.69, 9.17) is 9.72 Å². The van der Waals surface area contributed by atoms with E-state index in [1.165, 1.54) is 12.1 Å². The maximum absolute atomic E-state index is 14.7. The first-order valence-electron chi connectivity index (χ1n) is 9.69. The van der Waals surface area contributed by atoms with Gasteiger partial charge in [0.2, 0.25) is 0 Å². The first-order valence-corrected chi connectivity index (χ1v) is 9.69. The van der Waals surface area contributed by atoms with Gasteiger partial charge in [-0.25, -0.2) is 18.7 Å². The van der Waals surface area contributed by atoms with Crippen molar-refractivity contribution in [2.45, 2.75) is 6.92 Å². The van der Waals surface area contributed by atoms with E-state index in [1.807, 2.05) is 13.0 Å². The Morgan fingerprint density at radius 3 is 2.63 bits per heavy atom. The van der Waals surface area contributed by atoms with Crippen LogP contribution in [-0.2, 0) is 4.74 Å². The fourth-order valence-electron chi connectivity index (χ4n) is 3.75. The number of hydrogen-bond acceptors (Lipinski definition) is 5. The summed E-state index contributed by atoms with van der Waals surface area (Å²) in [4.78, 5) is 15.7. The third-order valence-electron chi connectivity index (χ3n) is 5.28. The average Bonchev–Trinajstić information content (AvgIpc) is 3.13. The molecule has 1 fully saturated rings. The Bertz CT molecular complexity index is 1230. The number of morpholine rings is 1. The summed E-state index contributed by atoms with van der Waals surface area (Å²) >= 11 is 0. The standard InChI is InChI=1S/C22H19F2N5O/c1-14-10-21(28-6-8-30-9-7-28)26-12-16(14)22-27-18-4-5-25-13-20(18)29(22)19-3-2-15(23)11-17(19)24/h2-5,10-13H,6-9H2,1H3. The van der Waals surface area contributed by atoms with Crippen molar-refractivity contribution in [1.82, 2.24) is 19.5 Å². The van der Waals surface area contributed by atoms with Gasteiger partial charge in [-0.2, -0.15) is 0 Å². The molecule has 152 valence electrons. The van der Waals surface area contributed by atoms with Gasteiger partial charge in [0.1, 0.15) is 23.3 Å². The summed E-state index contributed by atoms with van der Waals surface area (Å²) in [7, 11) is 0. The number of fused-ring (bicyclic) bond motifs is 1. The van der Waals surface area contributed by atoms with Crippen LogP contribution >= 0.6 is 0 Å². The predicted octanol–water partition coefficient (Wildman–Crippen LogP) is 3.91. The summed E-state index contributed by atoms with van der Waals surface area (Å²) in [5.74, 6) is 0.0990. The average molecular weight is 407 g/mol. The zero-order valence-electron chi connectivity index (χ0n) is 16.3. The number of aryl methyl sites for hydroxylation is 1. The minimum absolute atomic E-state index is 0.207. The second-order valence-corrected chi connectivity index (χ2v) is 7.19. The number of hydrogen-bond donors (Lipinski definition) is 0. The lowest BCUT2D eigenvalue weighted by Gasteiger charge is -2.28. The summed E-state index contributed by atoms with van der Waals surface area (Å²) in [6, 6.07) is 7.28. The van der Waals surface area contributed by atoms with Crippen molar-refractivity contribution in [1.29, 1.82) is 0 Å². The minimum atomic E-state index is -0.671. The summed E-state index contributed by atoms with van der Waals surface area (Å²) in [6.45, 7) is 4.90. The molecule has 0 amide bonds. The lowest BCUT2D eigenvalue weighted by atomic mass is 10.1. The normalized spacial score (nSPS) is 14.4. The largest absolute Gasteiger partial charge is 0.378 e. The molecule has 6 nitrogen and oxygen atoms in total. The highest BCUT2D eigenvalue weighted by atomic mass is 19.1. The Morgan fingerprint density at radius 1 is 1.03 bits per heavy atom. The third kappa shape index (κ3) is 3.19. The molecule has 0 spiro atoms. The topological polar surface area (TPSA) is 56.1 Å². The number of ether oxygens (including phenoxy) is 1. The van der Waals surface area contributed by atoms with Crippen LogP contribution in [0.2, 0.25) is 0 Å². The molecule has 0 radical (unpaired) electrons. The molecule has 4 heterocycles. The van der Waals surface area contributed by atoms with Gasteiger partial charge in [-0.05, 0) is 36.8 Å². The van der Waals surface area contributed by atoms with Gasteiger partial charge in [0.05, 0.1) is 36.1 Å². The van der Waals surface area contributed by atoms with Crippen LogP contribution in [0.25, 0.3) is 28.1 Å². The van der Waals surface area contributed by atoms with Gasteiger partial charge < -0.3 is 9.64 Å². The fraction of sp³-hybridized carbons (Fsp3) is 0.227. The fourth-order valence-corrected chi connectivity index (χ4v) is 3.75. The van der Waals surface area contributed by atoms with E-state index >= 15 is 0 Å². The van der Waals surface area contributed by atoms with Crippen molar-refractivity contribution in [3.8, 4) is 17.1 Å². The van der Waals surface area contributed by atoms with Crippen molar-refractivity contribution < 1.29 is 13.5 Å². The van der Waals surface area contributed by atoms with E-state index in [9.17, 15) is 8.78 Å². The molecular weight excluding hydrogens is 388 g/mol. The molecule has 1 aromatic carbocycles. The smallest absolute Gasteiger partial charge is 0.150 e. The summed E-state index contributed by atoms with van der Waals surface area (Å²) < 4.78 is 35.3. The molecule has 3 aromatic heterocycles. The van der Waals surface area contributed by atoms with Crippen LogP contribution in [0.5, 0.6) is 0 Å². The molecular formula is C22H19F2N5O. The lowest BCUT2D eigenvalue weighted by molar-refractivity contribution is 0.122. The predicted molar refractivity (Wildman–Crippen MR) is 110 cm³/mol. The van der Waals surface area contributed by atoms with E-state index in [1.54, 1.807) is 29.2 Å². The first kappa shape index (κ1) is 18.6. The number of imidazole rings is 1. The molecule has 5 rings (SSSR count). The summed E-state index contributed by atoms with van der Waals surface area (Å²) in [5, 5.41) is 0. The van der Waals surface area contributed by atoms with Crippen LogP contribution in [0.1, 0.15) is 5.56 Å². The Hall–Kier alpha value is -3.39. The Morgan fingerprint density at radius 2 is 1.87 bits per heavy atom. The van der Waals surface area contributed by atoms with E-state index in [0.29, 0.717) is 30.1 Å². The number of halogens is 2.